The van der Waals surface area contributed by atoms with Crippen molar-refractivity contribution in [3.8, 4) is 0 Å². The minimum atomic E-state index is -1.18. The van der Waals surface area contributed by atoms with Crippen LogP contribution in [0.4, 0.5) is 0 Å². The van der Waals surface area contributed by atoms with Gasteiger partial charge in [0.25, 0.3) is 0 Å². The van der Waals surface area contributed by atoms with E-state index in [0.717, 1.165) is 11.1 Å². The van der Waals surface area contributed by atoms with Crippen molar-refractivity contribution in [2.24, 2.45) is 5.92 Å². The Labute approximate surface area is 159 Å². The molecule has 1 aliphatic carbocycles. The van der Waals surface area contributed by atoms with Crippen LogP contribution >= 0.6 is 0 Å². The van der Waals surface area contributed by atoms with Crippen molar-refractivity contribution in [2.45, 2.75) is 50.0 Å². The molecular weight excluding hydrogens is 342 g/mol. The molecule has 4 atom stereocenters. The molecule has 1 saturated carbocycles. The topological polar surface area (TPSA) is 89.8 Å². The predicted octanol–water partition coefficient (Wildman–Crippen LogP) is 1.45. The largest absolute Gasteiger partial charge is 0.393 e. The summed E-state index contributed by atoms with van der Waals surface area (Å²) in [6.45, 7) is 0. The third-order valence-corrected chi connectivity index (χ3v) is 5.31. The van der Waals surface area contributed by atoms with Crippen molar-refractivity contribution in [1.29, 1.82) is 0 Å². The number of hydrogen-bond acceptors (Lipinski definition) is 4. The second kappa shape index (κ2) is 9.13. The molecule has 3 rings (SSSR count). The van der Waals surface area contributed by atoms with Crippen LogP contribution < -0.4 is 5.32 Å². The van der Waals surface area contributed by atoms with E-state index in [1.165, 1.54) is 0 Å². The van der Waals surface area contributed by atoms with Gasteiger partial charge in [-0.05, 0) is 30.4 Å². The van der Waals surface area contributed by atoms with Gasteiger partial charge in [-0.1, -0.05) is 60.7 Å². The van der Waals surface area contributed by atoms with Crippen LogP contribution in [0.2, 0.25) is 0 Å². The summed E-state index contributed by atoms with van der Waals surface area (Å²) in [5.41, 5.74) is 1.88. The van der Waals surface area contributed by atoms with Gasteiger partial charge < -0.3 is 20.6 Å². The zero-order valence-electron chi connectivity index (χ0n) is 15.2. The second-order valence-corrected chi connectivity index (χ2v) is 7.30. The van der Waals surface area contributed by atoms with Crippen LogP contribution in [0.25, 0.3) is 0 Å². The van der Waals surface area contributed by atoms with Gasteiger partial charge in [0.1, 0.15) is 6.10 Å². The summed E-state index contributed by atoms with van der Waals surface area (Å²) in [5, 5.41) is 33.8. The third kappa shape index (κ3) is 5.16. The number of aliphatic hydroxyl groups excluding tert-OH is 3. The maximum Gasteiger partial charge on any atom is 0.249 e. The molecule has 2 aromatic rings. The Kier molecular flexibility index (Phi) is 6.61. The number of nitrogens with one attached hydrogen (secondary N) is 1. The van der Waals surface area contributed by atoms with E-state index in [1.54, 1.807) is 0 Å². The highest BCUT2D eigenvalue weighted by atomic mass is 16.3. The van der Waals surface area contributed by atoms with Gasteiger partial charge in [0.2, 0.25) is 5.91 Å². The maximum absolute atomic E-state index is 12.6. The van der Waals surface area contributed by atoms with Gasteiger partial charge >= 0.3 is 0 Å². The van der Waals surface area contributed by atoms with Crippen LogP contribution in [-0.2, 0) is 17.6 Å². The zero-order chi connectivity index (χ0) is 19.2. The second-order valence-electron chi connectivity index (χ2n) is 7.30. The molecule has 0 saturated heterocycles. The van der Waals surface area contributed by atoms with Gasteiger partial charge in [0.05, 0.1) is 12.2 Å². The van der Waals surface area contributed by atoms with E-state index in [-0.39, 0.29) is 6.42 Å². The van der Waals surface area contributed by atoms with Crippen LogP contribution in [0.1, 0.15) is 24.0 Å². The molecule has 5 heteroatoms. The van der Waals surface area contributed by atoms with Gasteiger partial charge in [0, 0.05) is 18.4 Å². The van der Waals surface area contributed by atoms with Crippen molar-refractivity contribution < 1.29 is 20.1 Å². The summed E-state index contributed by atoms with van der Waals surface area (Å²) in [6.07, 6.45) is -0.773. The van der Waals surface area contributed by atoms with Crippen LogP contribution in [-0.4, -0.2) is 45.6 Å². The molecule has 0 aromatic heterocycles. The lowest BCUT2D eigenvalue weighted by Gasteiger charge is -2.30. The lowest BCUT2D eigenvalue weighted by molar-refractivity contribution is -0.131. The van der Waals surface area contributed by atoms with Gasteiger partial charge in [-0.2, -0.15) is 0 Å². The molecule has 0 aliphatic heterocycles. The molecule has 0 heterocycles. The monoisotopic (exact) mass is 369 g/mol. The minimum Gasteiger partial charge on any atom is -0.393 e. The Morgan fingerprint density at radius 2 is 1.37 bits per heavy atom. The fourth-order valence-corrected chi connectivity index (χ4v) is 3.88. The smallest absolute Gasteiger partial charge is 0.249 e. The number of aliphatic hydroxyl groups is 3. The molecular formula is C22H27NO4. The van der Waals surface area contributed by atoms with Crippen LogP contribution in [0.5, 0.6) is 0 Å². The van der Waals surface area contributed by atoms with E-state index >= 15 is 0 Å². The van der Waals surface area contributed by atoms with Gasteiger partial charge in [0.15, 0.2) is 0 Å². The standard InChI is InChI=1S/C22H27NO4/c24-18-11-12-19(25)21(18)17(13-15-7-3-1-4-8-15)23-22(27)20(26)14-16-9-5-2-6-10-16/h1-10,17-21,24-26H,11-14H2,(H,23,27)/t17-,18?,19?,20?,21?/m0/s1. The number of amides is 1. The van der Waals surface area contributed by atoms with Crippen LogP contribution in [0, 0.1) is 5.92 Å². The SMILES string of the molecule is O=C(N[C@@H](Cc1ccccc1)C1C(O)CCC1O)C(O)Cc1ccccc1. The molecule has 0 bridgehead atoms. The first kappa shape index (κ1) is 19.5. The normalized spacial score (nSPS) is 24.3. The molecule has 1 amide bonds. The van der Waals surface area contributed by atoms with E-state index in [2.05, 4.69) is 5.32 Å². The first-order chi connectivity index (χ1) is 13.0. The Morgan fingerprint density at radius 1 is 0.889 bits per heavy atom. The summed E-state index contributed by atoms with van der Waals surface area (Å²) >= 11 is 0. The quantitative estimate of drug-likeness (QED) is 0.595. The van der Waals surface area contributed by atoms with Gasteiger partial charge in [-0.15, -0.1) is 0 Å². The van der Waals surface area contributed by atoms with Crippen LogP contribution in [0.15, 0.2) is 60.7 Å². The first-order valence-corrected chi connectivity index (χ1v) is 9.47. The fourth-order valence-electron chi connectivity index (χ4n) is 3.88. The van der Waals surface area contributed by atoms with Gasteiger partial charge in [-0.3, -0.25) is 4.79 Å². The van der Waals surface area contributed by atoms with Crippen molar-refractivity contribution in [3.63, 3.8) is 0 Å². The zero-order valence-corrected chi connectivity index (χ0v) is 15.2. The lowest BCUT2D eigenvalue weighted by Crippen LogP contribution is -2.51. The number of benzene rings is 2. The van der Waals surface area contributed by atoms with E-state index in [9.17, 15) is 20.1 Å². The fraction of sp³-hybridized carbons (Fsp3) is 0.409. The van der Waals surface area contributed by atoms with Gasteiger partial charge in [-0.25, -0.2) is 0 Å². The lowest BCUT2D eigenvalue weighted by atomic mass is 9.89. The number of hydrogen-bond donors (Lipinski definition) is 4. The Morgan fingerprint density at radius 3 is 1.89 bits per heavy atom. The van der Waals surface area contributed by atoms with E-state index < -0.39 is 36.2 Å². The highest BCUT2D eigenvalue weighted by Gasteiger charge is 2.40. The number of carbonyl (C=O) groups is 1. The van der Waals surface area contributed by atoms with Crippen LogP contribution in [0.3, 0.4) is 0 Å². The predicted molar refractivity (Wildman–Crippen MR) is 103 cm³/mol. The molecule has 0 radical (unpaired) electrons. The average Bonchev–Trinajstić information content (AvgIpc) is 3.01. The third-order valence-electron chi connectivity index (χ3n) is 5.31. The Hall–Kier alpha value is -2.21. The molecule has 2 aromatic carbocycles. The summed E-state index contributed by atoms with van der Waals surface area (Å²) < 4.78 is 0. The van der Waals surface area contributed by atoms with Crippen molar-refractivity contribution in [3.05, 3.63) is 71.8 Å². The first-order valence-electron chi connectivity index (χ1n) is 9.47. The van der Waals surface area contributed by atoms with Crippen molar-refractivity contribution in [2.75, 3.05) is 0 Å². The molecule has 5 nitrogen and oxygen atoms in total. The molecule has 144 valence electrons. The van der Waals surface area contributed by atoms with E-state index in [0.29, 0.717) is 19.3 Å². The highest BCUT2D eigenvalue weighted by Crippen LogP contribution is 2.30. The highest BCUT2D eigenvalue weighted by molar-refractivity contribution is 5.81. The minimum absolute atomic E-state index is 0.223. The van der Waals surface area contributed by atoms with E-state index in [1.807, 2.05) is 60.7 Å². The summed E-state index contributed by atoms with van der Waals surface area (Å²) in [5.74, 6) is -0.927. The molecule has 1 aliphatic rings. The number of rotatable bonds is 7. The molecule has 3 unspecified atom stereocenters. The Bertz CT molecular complexity index is 712. The molecule has 0 spiro atoms. The van der Waals surface area contributed by atoms with Crippen molar-refractivity contribution >= 4 is 5.91 Å². The number of carbonyl (C=O) groups excluding carboxylic acids is 1. The van der Waals surface area contributed by atoms with Crippen molar-refractivity contribution in [1.82, 2.24) is 5.32 Å². The van der Waals surface area contributed by atoms with E-state index in [4.69, 9.17) is 0 Å². The summed E-state index contributed by atoms with van der Waals surface area (Å²) in [6, 6.07) is 18.5. The molecule has 4 N–H and O–H groups in total. The molecule has 1 fully saturated rings. The maximum atomic E-state index is 12.6. The molecule has 27 heavy (non-hydrogen) atoms. The average molecular weight is 369 g/mol. The Balaban J connectivity index is 1.71. The summed E-state index contributed by atoms with van der Waals surface area (Å²) in [7, 11) is 0. The summed E-state index contributed by atoms with van der Waals surface area (Å²) in [4.78, 5) is 12.6.